The summed E-state index contributed by atoms with van der Waals surface area (Å²) in [7, 11) is 1.95. The summed E-state index contributed by atoms with van der Waals surface area (Å²) in [5, 5.41) is 16.6. The van der Waals surface area contributed by atoms with E-state index in [1.54, 1.807) is 25.1 Å². The smallest absolute Gasteiger partial charge is 0.317 e. The van der Waals surface area contributed by atoms with Gasteiger partial charge in [0.25, 0.3) is 5.91 Å². The van der Waals surface area contributed by atoms with Crippen molar-refractivity contribution in [2.24, 2.45) is 12.1 Å². The molecule has 0 unspecified atom stereocenters. The van der Waals surface area contributed by atoms with Crippen molar-refractivity contribution in [3.63, 3.8) is 0 Å². The van der Waals surface area contributed by atoms with Crippen LogP contribution in [0.15, 0.2) is 58.8 Å². The van der Waals surface area contributed by atoms with Gasteiger partial charge < -0.3 is 5.11 Å². The maximum absolute atomic E-state index is 12.0. The van der Waals surface area contributed by atoms with Gasteiger partial charge in [-0.1, -0.05) is 42.1 Å². The van der Waals surface area contributed by atoms with Crippen LogP contribution in [-0.2, 0) is 11.8 Å². The number of amides is 1. The average molecular weight is 354 g/mol. The Morgan fingerprint density at radius 2 is 1.96 bits per heavy atom. The number of hydrazone groups is 1. The second-order valence-electron chi connectivity index (χ2n) is 5.52. The average Bonchev–Trinajstić information content (AvgIpc) is 2.94. The predicted molar refractivity (Wildman–Crippen MR) is 96.4 cm³/mol. The number of aromatic amines is 1. The largest absolute Gasteiger partial charge is 0.872 e. The van der Waals surface area contributed by atoms with Crippen molar-refractivity contribution in [2.75, 3.05) is 5.75 Å². The van der Waals surface area contributed by atoms with Gasteiger partial charge in [-0.2, -0.15) is 5.10 Å². The van der Waals surface area contributed by atoms with Crippen LogP contribution in [0.3, 0.4) is 0 Å². The number of rotatable bonds is 5. The highest BCUT2D eigenvalue weighted by Crippen LogP contribution is 2.17. The predicted octanol–water partition coefficient (Wildman–Crippen LogP) is 1.70. The topological polar surface area (TPSA) is 84.2 Å². The number of carbonyl (C=O) groups is 1. The quantitative estimate of drug-likeness (QED) is 0.317. The number of H-pyrrole nitrogens is 1. The molecule has 25 heavy (non-hydrogen) atoms. The van der Waals surface area contributed by atoms with E-state index < -0.39 is 0 Å². The standard InChI is InChI=1S/C18H18N4O2S/c1-12(13-7-3-6-10-16(13)23)20-21-17(24)11-25-18-19-14-8-4-5-9-15(14)22(18)2/h3-10H,11H2,1-2H3,(H2,20,21,23,24). The number of aromatic nitrogens is 2. The molecule has 128 valence electrons. The van der Waals surface area contributed by atoms with Crippen molar-refractivity contribution in [3.05, 3.63) is 54.1 Å². The zero-order chi connectivity index (χ0) is 17.8. The van der Waals surface area contributed by atoms with E-state index in [1.807, 2.05) is 35.9 Å². The van der Waals surface area contributed by atoms with Crippen LogP contribution >= 0.6 is 11.8 Å². The molecule has 0 bridgehead atoms. The number of nitrogens with one attached hydrogen (secondary N) is 2. The summed E-state index contributed by atoms with van der Waals surface area (Å²) in [6, 6.07) is 14.6. The fourth-order valence-electron chi connectivity index (χ4n) is 2.45. The van der Waals surface area contributed by atoms with Crippen molar-refractivity contribution in [1.29, 1.82) is 0 Å². The molecule has 0 atom stereocenters. The third kappa shape index (κ3) is 3.83. The SMILES string of the molecule is C/C(=N/NC(=O)CSc1[nH]c2ccccc2[n+]1C)c1ccccc1[O-]. The monoisotopic (exact) mass is 354 g/mol. The molecule has 0 radical (unpaired) electrons. The molecule has 0 aliphatic rings. The highest BCUT2D eigenvalue weighted by Gasteiger charge is 2.16. The summed E-state index contributed by atoms with van der Waals surface area (Å²) in [5.41, 5.74) is 5.57. The van der Waals surface area contributed by atoms with Crippen LogP contribution in [0.2, 0.25) is 0 Å². The molecule has 0 saturated heterocycles. The number of benzene rings is 2. The van der Waals surface area contributed by atoms with Gasteiger partial charge in [0.05, 0.1) is 18.5 Å². The molecule has 0 saturated carbocycles. The van der Waals surface area contributed by atoms with Crippen LogP contribution in [0.5, 0.6) is 5.75 Å². The maximum Gasteiger partial charge on any atom is 0.317 e. The van der Waals surface area contributed by atoms with Gasteiger partial charge in [0.1, 0.15) is 0 Å². The second kappa shape index (κ2) is 7.40. The third-order valence-electron chi connectivity index (χ3n) is 3.78. The van der Waals surface area contributed by atoms with E-state index in [4.69, 9.17) is 0 Å². The Morgan fingerprint density at radius 3 is 2.72 bits per heavy atom. The minimum atomic E-state index is -0.230. The van der Waals surface area contributed by atoms with Crippen molar-refractivity contribution in [1.82, 2.24) is 10.4 Å². The summed E-state index contributed by atoms with van der Waals surface area (Å²) in [6.07, 6.45) is 0. The number of nitrogens with zero attached hydrogens (tertiary/aromatic N) is 2. The lowest BCUT2D eigenvalue weighted by atomic mass is 10.1. The number of para-hydroxylation sites is 3. The van der Waals surface area contributed by atoms with E-state index in [0.717, 1.165) is 16.2 Å². The first-order valence-electron chi connectivity index (χ1n) is 7.75. The van der Waals surface area contributed by atoms with Gasteiger partial charge in [-0.3, -0.25) is 4.79 Å². The second-order valence-corrected chi connectivity index (χ2v) is 6.49. The third-order valence-corrected chi connectivity index (χ3v) is 4.83. The van der Waals surface area contributed by atoms with E-state index in [2.05, 4.69) is 15.5 Å². The van der Waals surface area contributed by atoms with E-state index in [0.29, 0.717) is 11.3 Å². The van der Waals surface area contributed by atoms with Gasteiger partial charge in [-0.15, -0.1) is 0 Å². The van der Waals surface area contributed by atoms with Crippen molar-refractivity contribution < 1.29 is 14.5 Å². The molecular weight excluding hydrogens is 336 g/mol. The Morgan fingerprint density at radius 1 is 1.24 bits per heavy atom. The van der Waals surface area contributed by atoms with Crippen molar-refractivity contribution in [2.45, 2.75) is 12.1 Å². The minimum absolute atomic E-state index is 0.113. The fraction of sp³-hybridized carbons (Fsp3) is 0.167. The molecule has 0 spiro atoms. The molecule has 6 nitrogen and oxygen atoms in total. The van der Waals surface area contributed by atoms with E-state index >= 15 is 0 Å². The van der Waals surface area contributed by atoms with Crippen molar-refractivity contribution >= 4 is 34.4 Å². The normalized spacial score (nSPS) is 11.7. The molecule has 3 aromatic rings. The van der Waals surface area contributed by atoms with Gasteiger partial charge >= 0.3 is 5.16 Å². The van der Waals surface area contributed by atoms with Gasteiger partial charge in [0.15, 0.2) is 11.0 Å². The van der Waals surface area contributed by atoms with E-state index in [1.165, 1.54) is 17.8 Å². The molecule has 1 amide bonds. The number of fused-ring (bicyclic) bond motifs is 1. The van der Waals surface area contributed by atoms with Crippen LogP contribution < -0.4 is 15.1 Å². The molecule has 2 N–H and O–H groups in total. The number of aryl methyl sites for hydroxylation is 1. The Bertz CT molecular complexity index is 949. The fourth-order valence-corrected chi connectivity index (χ4v) is 3.26. The zero-order valence-electron chi connectivity index (χ0n) is 13.9. The number of thioether (sulfide) groups is 1. The first-order valence-corrected chi connectivity index (χ1v) is 8.74. The Kier molecular flexibility index (Phi) is 5.04. The molecule has 2 aromatic carbocycles. The zero-order valence-corrected chi connectivity index (χ0v) is 14.8. The summed E-state index contributed by atoms with van der Waals surface area (Å²) >= 11 is 1.40. The van der Waals surface area contributed by atoms with Gasteiger partial charge in [-0.25, -0.2) is 15.0 Å². The highest BCUT2D eigenvalue weighted by molar-refractivity contribution is 7.99. The lowest BCUT2D eigenvalue weighted by Gasteiger charge is -2.12. The minimum Gasteiger partial charge on any atom is -0.872 e. The molecule has 0 fully saturated rings. The summed E-state index contributed by atoms with van der Waals surface area (Å²) in [6.45, 7) is 1.70. The summed E-state index contributed by atoms with van der Waals surface area (Å²) in [4.78, 5) is 15.3. The van der Waals surface area contributed by atoms with Crippen LogP contribution in [-0.4, -0.2) is 22.4 Å². The Hall–Kier alpha value is -2.80. The van der Waals surface area contributed by atoms with Crippen LogP contribution in [0.1, 0.15) is 12.5 Å². The van der Waals surface area contributed by atoms with E-state index in [9.17, 15) is 9.90 Å². The molecule has 3 rings (SSSR count). The van der Waals surface area contributed by atoms with Gasteiger partial charge in [0.2, 0.25) is 0 Å². The van der Waals surface area contributed by atoms with Gasteiger partial charge in [0, 0.05) is 0 Å². The molecule has 7 heteroatoms. The first-order chi connectivity index (χ1) is 12.1. The number of hydrogen-bond acceptors (Lipinski definition) is 4. The molecule has 1 aromatic heterocycles. The van der Waals surface area contributed by atoms with Crippen molar-refractivity contribution in [3.8, 4) is 5.75 Å². The summed E-state index contributed by atoms with van der Waals surface area (Å²) < 4.78 is 2.01. The summed E-state index contributed by atoms with van der Waals surface area (Å²) in [5.74, 6) is -0.125. The molecule has 0 aliphatic carbocycles. The molecular formula is C18H18N4O2S. The highest BCUT2D eigenvalue weighted by atomic mass is 32.2. The number of imidazole rings is 1. The number of carbonyl (C=O) groups excluding carboxylic acids is 1. The maximum atomic E-state index is 12.0. The number of hydrogen-bond donors (Lipinski definition) is 2. The van der Waals surface area contributed by atoms with Crippen LogP contribution in [0.4, 0.5) is 0 Å². The van der Waals surface area contributed by atoms with E-state index in [-0.39, 0.29) is 17.4 Å². The molecule has 1 heterocycles. The Balaban J connectivity index is 1.62. The lowest BCUT2D eigenvalue weighted by Crippen LogP contribution is -2.30. The first kappa shape index (κ1) is 17.0. The van der Waals surface area contributed by atoms with Crippen LogP contribution in [0, 0.1) is 0 Å². The molecule has 0 aliphatic heterocycles. The lowest BCUT2D eigenvalue weighted by molar-refractivity contribution is -0.683. The van der Waals surface area contributed by atoms with Gasteiger partial charge in [-0.05, 0) is 36.4 Å². The Labute approximate surface area is 149 Å². The van der Waals surface area contributed by atoms with Crippen LogP contribution in [0.25, 0.3) is 11.0 Å².